The van der Waals surface area contributed by atoms with Gasteiger partial charge in [0.1, 0.15) is 24.4 Å². The van der Waals surface area contributed by atoms with Gasteiger partial charge in [0.15, 0.2) is 6.29 Å². The summed E-state index contributed by atoms with van der Waals surface area (Å²) in [5.74, 6) is -0.136. The zero-order valence-electron chi connectivity index (χ0n) is 57.3. The fourth-order valence-electron chi connectivity index (χ4n) is 12.3. The van der Waals surface area contributed by atoms with Crippen LogP contribution in [0.4, 0.5) is 0 Å². The molecule has 0 aliphatic carbocycles. The van der Waals surface area contributed by atoms with Gasteiger partial charge >= 0.3 is 0 Å². The number of rotatable bonds is 67. The lowest BCUT2D eigenvalue weighted by molar-refractivity contribution is -0.302. The molecule has 9 nitrogen and oxygen atoms in total. The van der Waals surface area contributed by atoms with Gasteiger partial charge in [-0.1, -0.05) is 370 Å². The van der Waals surface area contributed by atoms with Crippen LogP contribution in [-0.4, -0.2) is 87.5 Å². The molecule has 7 atom stereocenters. The summed E-state index contributed by atoms with van der Waals surface area (Å²) in [6.07, 6.45) is 86.0. The number of carbonyl (C=O) groups is 1. The molecule has 0 aromatic carbocycles. The Morgan fingerprint density at radius 2 is 0.713 bits per heavy atom. The average molecular weight is 1230 g/mol. The predicted octanol–water partition coefficient (Wildman–Crippen LogP) is 21.3. The molecular weight excluding hydrogens is 1080 g/mol. The summed E-state index contributed by atoms with van der Waals surface area (Å²) >= 11 is 0. The number of unbranched alkanes of at least 4 members (excludes halogenated alkanes) is 47. The fraction of sp³-hybridized carbons (Fsp3) is 0.859. The van der Waals surface area contributed by atoms with Crippen molar-refractivity contribution in [2.75, 3.05) is 13.2 Å². The molecule has 6 N–H and O–H groups in total. The molecule has 0 saturated carbocycles. The second-order valence-electron chi connectivity index (χ2n) is 26.4. The van der Waals surface area contributed by atoms with Crippen LogP contribution >= 0.6 is 0 Å². The molecule has 0 spiro atoms. The lowest BCUT2D eigenvalue weighted by Gasteiger charge is -2.40. The van der Waals surface area contributed by atoms with Crippen LogP contribution in [-0.2, 0) is 14.3 Å². The highest BCUT2D eigenvalue weighted by molar-refractivity contribution is 5.76. The van der Waals surface area contributed by atoms with E-state index >= 15 is 0 Å². The van der Waals surface area contributed by atoms with E-state index in [4.69, 9.17) is 9.47 Å². The molecule has 510 valence electrons. The van der Waals surface area contributed by atoms with Crippen molar-refractivity contribution in [2.24, 2.45) is 0 Å². The zero-order chi connectivity index (χ0) is 62.8. The third kappa shape index (κ3) is 55.3. The van der Waals surface area contributed by atoms with Gasteiger partial charge < -0.3 is 40.3 Å². The van der Waals surface area contributed by atoms with E-state index < -0.39 is 49.5 Å². The van der Waals surface area contributed by atoms with E-state index in [2.05, 4.69) is 79.9 Å². The molecule has 87 heavy (non-hydrogen) atoms. The minimum Gasteiger partial charge on any atom is -0.394 e. The van der Waals surface area contributed by atoms with E-state index in [1.54, 1.807) is 0 Å². The number of hydrogen-bond donors (Lipinski definition) is 6. The van der Waals surface area contributed by atoms with Crippen molar-refractivity contribution in [3.63, 3.8) is 0 Å². The van der Waals surface area contributed by atoms with Gasteiger partial charge in [0.25, 0.3) is 0 Å². The van der Waals surface area contributed by atoms with E-state index in [0.29, 0.717) is 12.8 Å². The number of hydrogen-bond acceptors (Lipinski definition) is 8. The molecule has 1 fully saturated rings. The first kappa shape index (κ1) is 82.9. The van der Waals surface area contributed by atoms with E-state index in [9.17, 15) is 30.3 Å². The fourth-order valence-corrected chi connectivity index (χ4v) is 12.3. The van der Waals surface area contributed by atoms with Crippen LogP contribution in [0.25, 0.3) is 0 Å². The summed E-state index contributed by atoms with van der Waals surface area (Å²) in [4.78, 5) is 13.2. The first-order chi connectivity index (χ1) is 42.8. The highest BCUT2D eigenvalue weighted by Gasteiger charge is 2.44. The van der Waals surface area contributed by atoms with Crippen LogP contribution in [0.2, 0.25) is 0 Å². The van der Waals surface area contributed by atoms with E-state index in [0.717, 1.165) is 70.6 Å². The summed E-state index contributed by atoms with van der Waals surface area (Å²) in [6, 6.07) is -0.719. The van der Waals surface area contributed by atoms with Crippen LogP contribution in [0.1, 0.15) is 373 Å². The standard InChI is InChI=1S/C78H145NO8/c1-3-5-7-9-11-13-15-17-19-21-23-25-27-28-29-30-31-32-33-34-35-36-37-38-39-40-41-42-43-44-46-48-50-52-54-56-58-60-62-64-66-68-74(82)79-71(70-86-78-77(85)76(84)75(83)73(69-80)87-78)72(81)67-65-63-61-59-57-55-53-51-49-47-45-26-24-22-20-18-16-14-12-10-8-6-4-2/h5,7,11,13,17,19,23,25,28-29,71-73,75-78,80-81,83-85H,3-4,6,8-10,12,14-16,18,20-22,24,26-27,30-70H2,1-2H3,(H,79,82)/b7-5-,13-11-,19-17-,25-23-,29-28-. The predicted molar refractivity (Wildman–Crippen MR) is 373 cm³/mol. The number of carbonyl (C=O) groups excluding carboxylic acids is 1. The third-order valence-electron chi connectivity index (χ3n) is 18.1. The topological polar surface area (TPSA) is 149 Å². The van der Waals surface area contributed by atoms with Crippen LogP contribution in [0, 0.1) is 0 Å². The molecule has 0 radical (unpaired) electrons. The van der Waals surface area contributed by atoms with Gasteiger partial charge in [-0.2, -0.15) is 0 Å². The maximum atomic E-state index is 13.2. The second-order valence-corrected chi connectivity index (χ2v) is 26.4. The first-order valence-electron chi connectivity index (χ1n) is 38.0. The highest BCUT2D eigenvalue weighted by Crippen LogP contribution is 2.24. The monoisotopic (exact) mass is 1220 g/mol. The molecule has 1 rings (SSSR count). The Hall–Kier alpha value is -2.11. The maximum absolute atomic E-state index is 13.2. The molecule has 1 saturated heterocycles. The molecule has 1 heterocycles. The lowest BCUT2D eigenvalue weighted by Crippen LogP contribution is -2.60. The number of aliphatic hydroxyl groups excluding tert-OH is 5. The number of amides is 1. The molecule has 0 aromatic heterocycles. The van der Waals surface area contributed by atoms with Crippen molar-refractivity contribution in [1.29, 1.82) is 0 Å². The number of nitrogens with one attached hydrogen (secondary N) is 1. The van der Waals surface area contributed by atoms with E-state index in [1.807, 2.05) is 0 Å². The van der Waals surface area contributed by atoms with Gasteiger partial charge in [0.2, 0.25) is 5.91 Å². The maximum Gasteiger partial charge on any atom is 0.220 e. The SMILES string of the molecule is CC/C=C\C/C=C\C/C=C\C/C=C\C/C=C\CCCCCCCCCCCCCCCCCCCCCCCCCCCC(=O)NC(COC1OC(CO)C(O)C(O)C1O)C(O)CCCCCCCCCCCCCCCCCCCCCCCCC. The van der Waals surface area contributed by atoms with Gasteiger partial charge in [-0.05, 0) is 57.8 Å². The quantitative estimate of drug-likeness (QED) is 0.0261. The summed E-state index contributed by atoms with van der Waals surface area (Å²) in [5, 5.41) is 55.0. The molecule has 9 heteroatoms. The third-order valence-corrected chi connectivity index (χ3v) is 18.1. The van der Waals surface area contributed by atoms with Crippen molar-refractivity contribution in [3.05, 3.63) is 60.8 Å². The second kappa shape index (κ2) is 66.8. The molecule has 7 unspecified atom stereocenters. The Balaban J connectivity index is 2.03. The average Bonchev–Trinajstić information content (AvgIpc) is 3.47. The molecule has 0 bridgehead atoms. The number of allylic oxidation sites excluding steroid dienone is 10. The zero-order valence-corrected chi connectivity index (χ0v) is 57.3. The number of ether oxygens (including phenoxy) is 2. The van der Waals surface area contributed by atoms with Crippen LogP contribution < -0.4 is 5.32 Å². The largest absolute Gasteiger partial charge is 0.394 e. The number of aliphatic hydroxyl groups is 5. The Morgan fingerprint density at radius 3 is 1.06 bits per heavy atom. The Kier molecular flexibility index (Phi) is 63.7. The lowest BCUT2D eigenvalue weighted by atomic mass is 9.99. The molecule has 1 amide bonds. The normalized spacial score (nSPS) is 18.3. The molecular formula is C78H145NO8. The van der Waals surface area contributed by atoms with Gasteiger partial charge in [-0.25, -0.2) is 0 Å². The molecule has 0 aromatic rings. The van der Waals surface area contributed by atoms with Gasteiger partial charge in [0.05, 0.1) is 25.4 Å². The van der Waals surface area contributed by atoms with Crippen LogP contribution in [0.3, 0.4) is 0 Å². The van der Waals surface area contributed by atoms with Crippen molar-refractivity contribution < 1.29 is 39.8 Å². The highest BCUT2D eigenvalue weighted by atomic mass is 16.7. The Labute approximate surface area is 538 Å². The Bertz CT molecular complexity index is 1560. The minimum atomic E-state index is -1.55. The van der Waals surface area contributed by atoms with Crippen molar-refractivity contribution >= 4 is 5.91 Å². The van der Waals surface area contributed by atoms with Gasteiger partial charge in [-0.15, -0.1) is 0 Å². The first-order valence-corrected chi connectivity index (χ1v) is 38.0. The van der Waals surface area contributed by atoms with Crippen molar-refractivity contribution in [3.8, 4) is 0 Å². The Morgan fingerprint density at radius 1 is 0.402 bits per heavy atom. The smallest absolute Gasteiger partial charge is 0.220 e. The van der Waals surface area contributed by atoms with Crippen molar-refractivity contribution in [2.45, 2.75) is 416 Å². The van der Waals surface area contributed by atoms with E-state index in [1.165, 1.54) is 276 Å². The summed E-state index contributed by atoms with van der Waals surface area (Å²) < 4.78 is 11.4. The summed E-state index contributed by atoms with van der Waals surface area (Å²) in [7, 11) is 0. The molecule has 1 aliphatic heterocycles. The summed E-state index contributed by atoms with van der Waals surface area (Å²) in [5.41, 5.74) is 0. The van der Waals surface area contributed by atoms with Crippen molar-refractivity contribution in [1.82, 2.24) is 5.32 Å². The van der Waals surface area contributed by atoms with Crippen LogP contribution in [0.5, 0.6) is 0 Å². The molecule has 1 aliphatic rings. The minimum absolute atomic E-state index is 0.134. The van der Waals surface area contributed by atoms with Crippen LogP contribution in [0.15, 0.2) is 60.8 Å². The van der Waals surface area contributed by atoms with E-state index in [-0.39, 0.29) is 12.5 Å². The summed E-state index contributed by atoms with van der Waals surface area (Å²) in [6.45, 7) is 3.78. The van der Waals surface area contributed by atoms with Gasteiger partial charge in [-0.3, -0.25) is 4.79 Å². The van der Waals surface area contributed by atoms with Gasteiger partial charge in [0, 0.05) is 6.42 Å².